The van der Waals surface area contributed by atoms with Crippen molar-refractivity contribution in [2.45, 2.75) is 44.6 Å². The lowest BCUT2D eigenvalue weighted by molar-refractivity contribution is -0.123. The Morgan fingerprint density at radius 1 is 0.733 bits per heavy atom. The van der Waals surface area contributed by atoms with Crippen molar-refractivity contribution >= 4 is 0 Å². The molecule has 0 saturated heterocycles. The molecule has 30 heavy (non-hydrogen) atoms. The average molecular weight is 405 g/mol. The number of aryl methyl sites for hydroxylation is 1. The molecule has 0 amide bonds. The van der Waals surface area contributed by atoms with Gasteiger partial charge >= 0.3 is 0 Å². The van der Waals surface area contributed by atoms with Gasteiger partial charge in [0.15, 0.2) is 6.79 Å². The second-order valence-electron chi connectivity index (χ2n) is 7.69. The van der Waals surface area contributed by atoms with Crippen LogP contribution in [-0.2, 0) is 11.2 Å². The third-order valence-corrected chi connectivity index (χ3v) is 5.54. The van der Waals surface area contributed by atoms with E-state index in [9.17, 15) is 5.11 Å². The molecule has 0 aliphatic carbocycles. The second kappa shape index (κ2) is 11.5. The zero-order valence-corrected chi connectivity index (χ0v) is 17.8. The minimum absolute atomic E-state index is 0.112. The van der Waals surface area contributed by atoms with E-state index < -0.39 is 0 Å². The molecule has 0 aliphatic heterocycles. The van der Waals surface area contributed by atoms with E-state index in [0.29, 0.717) is 6.42 Å². The predicted molar refractivity (Wildman–Crippen MR) is 123 cm³/mol. The summed E-state index contributed by atoms with van der Waals surface area (Å²) in [5, 5.41) is 9.66. The second-order valence-corrected chi connectivity index (χ2v) is 7.69. The molecule has 3 rings (SSSR count). The van der Waals surface area contributed by atoms with Crippen molar-refractivity contribution in [2.75, 3.05) is 13.4 Å². The summed E-state index contributed by atoms with van der Waals surface area (Å²) in [5.41, 5.74) is 3.26. The van der Waals surface area contributed by atoms with E-state index in [-0.39, 0.29) is 19.0 Å². The van der Waals surface area contributed by atoms with Gasteiger partial charge < -0.3 is 14.6 Å². The van der Waals surface area contributed by atoms with Crippen LogP contribution >= 0.6 is 0 Å². The van der Waals surface area contributed by atoms with E-state index >= 15 is 0 Å². The average Bonchev–Trinajstić information content (AvgIpc) is 2.80. The van der Waals surface area contributed by atoms with Crippen molar-refractivity contribution in [3.63, 3.8) is 0 Å². The maximum atomic E-state index is 9.66. The topological polar surface area (TPSA) is 38.7 Å². The van der Waals surface area contributed by atoms with Gasteiger partial charge in [0, 0.05) is 6.61 Å². The van der Waals surface area contributed by atoms with Crippen LogP contribution in [0, 0.1) is 0 Å². The maximum Gasteiger partial charge on any atom is 0.189 e. The minimum Gasteiger partial charge on any atom is -0.468 e. The van der Waals surface area contributed by atoms with Crippen molar-refractivity contribution in [3.05, 3.63) is 90.5 Å². The van der Waals surface area contributed by atoms with E-state index in [1.807, 2.05) is 36.4 Å². The molecule has 0 heterocycles. The lowest BCUT2D eigenvalue weighted by atomic mass is 9.87. The van der Waals surface area contributed by atoms with Crippen LogP contribution in [0.5, 0.6) is 5.75 Å². The zero-order valence-electron chi connectivity index (χ0n) is 17.8. The molecule has 158 valence electrons. The Hall–Kier alpha value is -2.62. The van der Waals surface area contributed by atoms with Crippen molar-refractivity contribution in [3.8, 4) is 16.9 Å². The van der Waals surface area contributed by atoms with Crippen LogP contribution in [0.15, 0.2) is 84.9 Å². The monoisotopic (exact) mass is 404 g/mol. The Morgan fingerprint density at radius 3 is 2.00 bits per heavy atom. The van der Waals surface area contributed by atoms with E-state index in [4.69, 9.17) is 9.47 Å². The van der Waals surface area contributed by atoms with Crippen LogP contribution in [0.4, 0.5) is 0 Å². The fourth-order valence-corrected chi connectivity index (χ4v) is 3.86. The quantitative estimate of drug-likeness (QED) is 0.362. The van der Waals surface area contributed by atoms with Crippen molar-refractivity contribution in [1.29, 1.82) is 0 Å². The Morgan fingerprint density at radius 2 is 1.37 bits per heavy atom. The van der Waals surface area contributed by atoms with E-state index in [1.165, 1.54) is 11.1 Å². The van der Waals surface area contributed by atoms with Gasteiger partial charge in [-0.2, -0.15) is 0 Å². The third-order valence-electron chi connectivity index (χ3n) is 5.54. The molecule has 3 aromatic carbocycles. The first-order valence-corrected chi connectivity index (χ1v) is 10.8. The fraction of sp³-hybridized carbons (Fsp3) is 0.333. The molecule has 3 nitrogen and oxygen atoms in total. The summed E-state index contributed by atoms with van der Waals surface area (Å²) in [6.07, 6.45) is 4.30. The Bertz CT molecular complexity index is 838. The first kappa shape index (κ1) is 22.1. The van der Waals surface area contributed by atoms with E-state index in [0.717, 1.165) is 37.0 Å². The maximum absolute atomic E-state index is 9.66. The zero-order chi connectivity index (χ0) is 21.1. The molecule has 0 saturated carbocycles. The van der Waals surface area contributed by atoms with Gasteiger partial charge in [-0.05, 0) is 54.5 Å². The summed E-state index contributed by atoms with van der Waals surface area (Å²) in [4.78, 5) is 0. The Kier molecular flexibility index (Phi) is 8.49. The van der Waals surface area contributed by atoms with Gasteiger partial charge in [0.05, 0.1) is 5.60 Å². The van der Waals surface area contributed by atoms with Crippen LogP contribution in [0.25, 0.3) is 11.1 Å². The van der Waals surface area contributed by atoms with Gasteiger partial charge in [-0.1, -0.05) is 86.1 Å². The SMILES string of the molecule is CCC[C@](CCO)(CCc1ccccc1)OCOc1ccc(-c2ccccc2)cc1. The summed E-state index contributed by atoms with van der Waals surface area (Å²) >= 11 is 0. The largest absolute Gasteiger partial charge is 0.468 e. The molecule has 0 radical (unpaired) electrons. The number of aliphatic hydroxyl groups excluding tert-OH is 1. The van der Waals surface area contributed by atoms with Crippen molar-refractivity contribution in [2.24, 2.45) is 0 Å². The summed E-state index contributed by atoms with van der Waals surface area (Å²) in [7, 11) is 0. The number of ether oxygens (including phenoxy) is 2. The van der Waals surface area contributed by atoms with Gasteiger partial charge in [0.1, 0.15) is 5.75 Å². The Labute approximate surface area is 180 Å². The van der Waals surface area contributed by atoms with Gasteiger partial charge in [-0.15, -0.1) is 0 Å². The molecular formula is C27H32O3. The molecule has 1 N–H and O–H groups in total. The van der Waals surface area contributed by atoms with E-state index in [1.54, 1.807) is 0 Å². The highest BCUT2D eigenvalue weighted by molar-refractivity contribution is 5.63. The van der Waals surface area contributed by atoms with Crippen LogP contribution in [0.2, 0.25) is 0 Å². The number of aliphatic hydroxyl groups is 1. The fourth-order valence-electron chi connectivity index (χ4n) is 3.86. The van der Waals surface area contributed by atoms with Crippen LogP contribution < -0.4 is 4.74 Å². The van der Waals surface area contributed by atoms with E-state index in [2.05, 4.69) is 55.5 Å². The Balaban J connectivity index is 1.59. The smallest absolute Gasteiger partial charge is 0.189 e. The normalized spacial score (nSPS) is 13.0. The highest BCUT2D eigenvalue weighted by atomic mass is 16.7. The third kappa shape index (κ3) is 6.45. The molecule has 0 unspecified atom stereocenters. The van der Waals surface area contributed by atoms with Crippen LogP contribution in [-0.4, -0.2) is 24.1 Å². The highest BCUT2D eigenvalue weighted by Gasteiger charge is 2.29. The summed E-state index contributed by atoms with van der Waals surface area (Å²) in [6.45, 7) is 2.45. The lowest BCUT2D eigenvalue weighted by Gasteiger charge is -2.33. The standard InChI is InChI=1S/C27H32O3/c1-2-18-27(20-21-28,19-17-23-9-5-3-6-10-23)30-22-29-26-15-13-25(14-16-26)24-11-7-4-8-12-24/h3-16,28H,2,17-22H2,1H3/t27-/m1/s1. The molecule has 1 atom stereocenters. The predicted octanol–water partition coefficient (Wildman–Crippen LogP) is 6.26. The molecule has 0 fully saturated rings. The van der Waals surface area contributed by atoms with Crippen LogP contribution in [0.3, 0.4) is 0 Å². The summed E-state index contributed by atoms with van der Waals surface area (Å²) < 4.78 is 12.2. The van der Waals surface area contributed by atoms with Crippen molar-refractivity contribution in [1.82, 2.24) is 0 Å². The first-order chi connectivity index (χ1) is 14.7. The van der Waals surface area contributed by atoms with Crippen LogP contribution in [0.1, 0.15) is 38.2 Å². The molecule has 0 spiro atoms. The molecule has 3 aromatic rings. The molecule has 0 aliphatic rings. The summed E-state index contributed by atoms with van der Waals surface area (Å²) in [5.74, 6) is 0.784. The first-order valence-electron chi connectivity index (χ1n) is 10.8. The molecule has 0 aromatic heterocycles. The number of rotatable bonds is 12. The van der Waals surface area contributed by atoms with Gasteiger partial charge in [-0.3, -0.25) is 0 Å². The summed E-state index contributed by atoms with van der Waals surface area (Å²) in [6, 6.07) is 28.8. The van der Waals surface area contributed by atoms with Gasteiger partial charge in [0.2, 0.25) is 0 Å². The number of hydrogen-bond acceptors (Lipinski definition) is 3. The van der Waals surface area contributed by atoms with Crippen molar-refractivity contribution < 1.29 is 14.6 Å². The van der Waals surface area contributed by atoms with Gasteiger partial charge in [-0.25, -0.2) is 0 Å². The number of hydrogen-bond donors (Lipinski definition) is 1. The van der Waals surface area contributed by atoms with Gasteiger partial charge in [0.25, 0.3) is 0 Å². The number of benzene rings is 3. The highest BCUT2D eigenvalue weighted by Crippen LogP contribution is 2.29. The molecule has 3 heteroatoms. The molecular weight excluding hydrogens is 372 g/mol. The minimum atomic E-state index is -0.372. The lowest BCUT2D eigenvalue weighted by Crippen LogP contribution is -2.36. The molecule has 0 bridgehead atoms.